The fourth-order valence-corrected chi connectivity index (χ4v) is 1.73. The molecule has 1 aromatic heterocycles. The van der Waals surface area contributed by atoms with Gasteiger partial charge in [-0.05, 0) is 33.2 Å². The van der Waals surface area contributed by atoms with Crippen LogP contribution < -0.4 is 9.47 Å². The van der Waals surface area contributed by atoms with Crippen molar-refractivity contribution in [2.45, 2.75) is 0 Å². The van der Waals surface area contributed by atoms with Crippen molar-refractivity contribution in [1.82, 2.24) is 5.16 Å². The van der Waals surface area contributed by atoms with Gasteiger partial charge in [0, 0.05) is 0 Å². The lowest BCUT2D eigenvalue weighted by atomic mass is 10.2. The predicted molar refractivity (Wildman–Crippen MR) is 47.8 cm³/mol. The zero-order valence-corrected chi connectivity index (χ0v) is 8.00. The molecule has 1 aromatic carbocycles. The summed E-state index contributed by atoms with van der Waals surface area (Å²) in [6.07, 6.45) is 0. The van der Waals surface area contributed by atoms with Crippen LogP contribution in [0.4, 0.5) is 0 Å². The van der Waals surface area contributed by atoms with E-state index in [-0.39, 0.29) is 6.79 Å². The summed E-state index contributed by atoms with van der Waals surface area (Å²) < 4.78 is 16.3. The third-order valence-electron chi connectivity index (χ3n) is 1.92. The summed E-state index contributed by atoms with van der Waals surface area (Å²) in [5.74, 6) is 1.25. The van der Waals surface area contributed by atoms with E-state index in [4.69, 9.17) is 14.0 Å². The molecule has 0 unspecified atom stereocenters. The number of aromatic nitrogens is 1. The molecular weight excluding hydrogens is 238 g/mol. The Balaban J connectivity index is 2.50. The first-order valence-electron chi connectivity index (χ1n) is 3.70. The molecule has 0 amide bonds. The van der Waals surface area contributed by atoms with Crippen LogP contribution in [0.25, 0.3) is 11.0 Å². The molecule has 0 saturated carbocycles. The largest absolute Gasteiger partial charge is 0.456 e. The SMILES string of the molecule is Brc1ccc2c3c(noc13)OCO2. The molecule has 66 valence electrons. The van der Waals surface area contributed by atoms with E-state index < -0.39 is 0 Å². The van der Waals surface area contributed by atoms with E-state index in [1.165, 1.54) is 0 Å². The van der Waals surface area contributed by atoms with E-state index in [0.717, 1.165) is 15.6 Å². The monoisotopic (exact) mass is 241 g/mol. The molecule has 0 atom stereocenters. The summed E-state index contributed by atoms with van der Waals surface area (Å²) in [7, 11) is 0. The van der Waals surface area contributed by atoms with E-state index in [1.807, 2.05) is 12.1 Å². The zero-order valence-electron chi connectivity index (χ0n) is 6.41. The number of hydrogen-bond acceptors (Lipinski definition) is 4. The van der Waals surface area contributed by atoms with Crippen molar-refractivity contribution >= 4 is 26.9 Å². The summed E-state index contributed by atoms with van der Waals surface area (Å²) in [4.78, 5) is 0. The Morgan fingerprint density at radius 2 is 2.23 bits per heavy atom. The van der Waals surface area contributed by atoms with Crippen LogP contribution >= 0.6 is 15.9 Å². The smallest absolute Gasteiger partial charge is 0.268 e. The number of halogens is 1. The van der Waals surface area contributed by atoms with Gasteiger partial charge in [-0.25, -0.2) is 0 Å². The minimum atomic E-state index is 0.191. The molecule has 0 N–H and O–H groups in total. The van der Waals surface area contributed by atoms with Gasteiger partial charge in [-0.15, -0.1) is 0 Å². The van der Waals surface area contributed by atoms with Crippen molar-refractivity contribution in [3.05, 3.63) is 16.6 Å². The molecule has 5 heteroatoms. The molecule has 0 radical (unpaired) electrons. The van der Waals surface area contributed by atoms with Gasteiger partial charge < -0.3 is 14.0 Å². The third-order valence-corrected chi connectivity index (χ3v) is 2.54. The average molecular weight is 242 g/mol. The minimum absolute atomic E-state index is 0.191. The van der Waals surface area contributed by atoms with Gasteiger partial charge in [0.2, 0.25) is 6.79 Å². The van der Waals surface area contributed by atoms with Crippen LogP contribution in [0.15, 0.2) is 21.1 Å². The fourth-order valence-electron chi connectivity index (χ4n) is 1.33. The second-order valence-electron chi connectivity index (χ2n) is 2.64. The fraction of sp³-hybridized carbons (Fsp3) is 0.125. The topological polar surface area (TPSA) is 44.5 Å². The molecule has 2 heterocycles. The molecule has 13 heavy (non-hydrogen) atoms. The van der Waals surface area contributed by atoms with Gasteiger partial charge in [-0.3, -0.25) is 0 Å². The average Bonchev–Trinajstić information content (AvgIpc) is 2.57. The molecule has 1 aliphatic heterocycles. The summed E-state index contributed by atoms with van der Waals surface area (Å²) in [6.45, 7) is 0.191. The van der Waals surface area contributed by atoms with Crippen molar-refractivity contribution in [3.63, 3.8) is 0 Å². The Labute approximate surface area is 81.5 Å². The highest BCUT2D eigenvalue weighted by molar-refractivity contribution is 9.10. The molecule has 1 aliphatic rings. The third kappa shape index (κ3) is 0.875. The maximum absolute atomic E-state index is 5.27. The van der Waals surface area contributed by atoms with Crippen LogP contribution in [0.3, 0.4) is 0 Å². The first-order chi connectivity index (χ1) is 6.36. The first-order valence-corrected chi connectivity index (χ1v) is 4.49. The molecule has 3 rings (SSSR count). The number of ether oxygens (including phenoxy) is 2. The van der Waals surface area contributed by atoms with Crippen molar-refractivity contribution in [2.24, 2.45) is 0 Å². The van der Waals surface area contributed by atoms with Gasteiger partial charge >= 0.3 is 0 Å². The number of hydrogen-bond donors (Lipinski definition) is 0. The molecule has 4 nitrogen and oxygen atoms in total. The standard InChI is InChI=1S/C8H4BrNO3/c9-4-1-2-5-6-7(4)13-10-8(6)12-3-11-5/h1-2H,3H2. The van der Waals surface area contributed by atoms with Crippen LogP contribution in [0, 0.1) is 0 Å². The quantitative estimate of drug-likeness (QED) is 0.711. The van der Waals surface area contributed by atoms with E-state index >= 15 is 0 Å². The Morgan fingerprint density at radius 3 is 3.15 bits per heavy atom. The summed E-state index contributed by atoms with van der Waals surface area (Å²) in [5, 5.41) is 4.57. The van der Waals surface area contributed by atoms with Crippen molar-refractivity contribution in [3.8, 4) is 11.6 Å². The molecule has 0 spiro atoms. The Bertz CT molecular complexity index is 479. The van der Waals surface area contributed by atoms with E-state index in [0.29, 0.717) is 11.5 Å². The minimum Gasteiger partial charge on any atom is -0.456 e. The lowest BCUT2D eigenvalue weighted by molar-refractivity contribution is 0.104. The first kappa shape index (κ1) is 7.20. The lowest BCUT2D eigenvalue weighted by Gasteiger charge is -2.12. The lowest BCUT2D eigenvalue weighted by Crippen LogP contribution is -2.10. The summed E-state index contributed by atoms with van der Waals surface area (Å²) in [5.41, 5.74) is 0.659. The molecule has 0 saturated heterocycles. The maximum atomic E-state index is 5.27. The van der Waals surface area contributed by atoms with Gasteiger partial charge in [0.15, 0.2) is 5.58 Å². The van der Waals surface area contributed by atoms with Gasteiger partial charge in [0.05, 0.1) is 4.47 Å². The highest BCUT2D eigenvalue weighted by atomic mass is 79.9. The summed E-state index contributed by atoms with van der Waals surface area (Å²) >= 11 is 3.35. The second kappa shape index (κ2) is 2.38. The van der Waals surface area contributed by atoms with Crippen LogP contribution in [-0.2, 0) is 0 Å². The highest BCUT2D eigenvalue weighted by Gasteiger charge is 2.21. The van der Waals surface area contributed by atoms with Crippen LogP contribution in [0.2, 0.25) is 0 Å². The molecule has 0 fully saturated rings. The summed E-state index contributed by atoms with van der Waals surface area (Å²) in [6, 6.07) is 3.72. The van der Waals surface area contributed by atoms with Crippen molar-refractivity contribution < 1.29 is 14.0 Å². The van der Waals surface area contributed by atoms with Gasteiger partial charge in [0.1, 0.15) is 11.1 Å². The van der Waals surface area contributed by atoms with Gasteiger partial charge in [-0.1, -0.05) is 0 Å². The molecule has 0 aliphatic carbocycles. The predicted octanol–water partition coefficient (Wildman–Crippen LogP) is 2.32. The Kier molecular flexibility index (Phi) is 1.32. The van der Waals surface area contributed by atoms with E-state index in [1.54, 1.807) is 0 Å². The maximum Gasteiger partial charge on any atom is 0.268 e. The Hall–Kier alpha value is -1.23. The number of nitrogens with zero attached hydrogens (tertiary/aromatic N) is 1. The van der Waals surface area contributed by atoms with Crippen LogP contribution in [0.5, 0.6) is 11.6 Å². The number of benzene rings is 1. The highest BCUT2D eigenvalue weighted by Crippen LogP contribution is 2.39. The Morgan fingerprint density at radius 1 is 1.31 bits per heavy atom. The normalized spacial score (nSPS) is 13.9. The van der Waals surface area contributed by atoms with Crippen LogP contribution in [-0.4, -0.2) is 11.9 Å². The van der Waals surface area contributed by atoms with Gasteiger partial charge in [-0.2, -0.15) is 0 Å². The zero-order chi connectivity index (χ0) is 8.84. The molecule has 2 aromatic rings. The molecular formula is C8H4BrNO3. The van der Waals surface area contributed by atoms with Crippen molar-refractivity contribution in [1.29, 1.82) is 0 Å². The van der Waals surface area contributed by atoms with Gasteiger partial charge in [0.25, 0.3) is 5.88 Å². The van der Waals surface area contributed by atoms with Crippen LogP contribution in [0.1, 0.15) is 0 Å². The van der Waals surface area contributed by atoms with Crippen molar-refractivity contribution in [2.75, 3.05) is 6.79 Å². The molecule has 0 bridgehead atoms. The second-order valence-corrected chi connectivity index (χ2v) is 3.50. The van der Waals surface area contributed by atoms with E-state index in [2.05, 4.69) is 21.1 Å². The number of rotatable bonds is 0. The van der Waals surface area contributed by atoms with E-state index in [9.17, 15) is 0 Å².